The van der Waals surface area contributed by atoms with E-state index in [1.807, 2.05) is 36.4 Å². The molecule has 0 unspecified atom stereocenters. The first kappa shape index (κ1) is 15.5. The van der Waals surface area contributed by atoms with Gasteiger partial charge in [0, 0.05) is 13.2 Å². The van der Waals surface area contributed by atoms with Crippen molar-refractivity contribution in [1.29, 1.82) is 0 Å². The highest BCUT2D eigenvalue weighted by Gasteiger charge is 1.94. The number of rotatable bonds is 0. The molecule has 1 aliphatic heterocycles. The van der Waals surface area contributed by atoms with Crippen LogP contribution in [0.1, 0.15) is 24.0 Å². The third-order valence-corrected chi connectivity index (χ3v) is 2.71. The van der Waals surface area contributed by atoms with E-state index < -0.39 is 0 Å². The molecule has 1 fully saturated rings. The molecule has 1 nitrogen and oxygen atoms in total. The topological polar surface area (TPSA) is 9.23 Å². The van der Waals surface area contributed by atoms with Gasteiger partial charge in [0.05, 0.1) is 0 Å². The Hall–Kier alpha value is -1.60. The lowest BCUT2D eigenvalue weighted by atomic mass is 10.2. The lowest BCUT2D eigenvalue weighted by Crippen LogP contribution is -1.74. The second kappa shape index (κ2) is 10.3. The van der Waals surface area contributed by atoms with Crippen molar-refractivity contribution in [3.8, 4) is 0 Å². The van der Waals surface area contributed by atoms with Gasteiger partial charge in [-0.25, -0.2) is 0 Å². The average Bonchev–Trinajstić information content (AvgIpc) is 3.00. The molecule has 0 bridgehead atoms. The van der Waals surface area contributed by atoms with E-state index in [0.717, 1.165) is 13.2 Å². The van der Waals surface area contributed by atoms with Gasteiger partial charge in [0.15, 0.2) is 0 Å². The van der Waals surface area contributed by atoms with Crippen LogP contribution in [0.25, 0.3) is 0 Å². The van der Waals surface area contributed by atoms with Crippen molar-refractivity contribution < 1.29 is 4.74 Å². The van der Waals surface area contributed by atoms with Gasteiger partial charge in [0.25, 0.3) is 0 Å². The fourth-order valence-corrected chi connectivity index (χ4v) is 1.58. The third-order valence-electron chi connectivity index (χ3n) is 2.71. The molecular formula is C18H24O. The number of benzene rings is 2. The predicted octanol–water partition coefficient (Wildman–Crippen LogP) is 4.79. The summed E-state index contributed by atoms with van der Waals surface area (Å²) in [5.41, 5.74) is 2.64. The summed E-state index contributed by atoms with van der Waals surface area (Å²) in [5.74, 6) is 0. The van der Waals surface area contributed by atoms with E-state index >= 15 is 0 Å². The largest absolute Gasteiger partial charge is 0.381 e. The van der Waals surface area contributed by atoms with Crippen LogP contribution in [0.15, 0.2) is 60.7 Å². The normalized spacial score (nSPS) is 12.7. The van der Waals surface area contributed by atoms with Gasteiger partial charge in [-0.1, -0.05) is 71.8 Å². The molecule has 102 valence electrons. The van der Waals surface area contributed by atoms with E-state index in [4.69, 9.17) is 4.74 Å². The van der Waals surface area contributed by atoms with Crippen molar-refractivity contribution in [2.75, 3.05) is 13.2 Å². The summed E-state index contributed by atoms with van der Waals surface area (Å²) in [5, 5.41) is 0. The lowest BCUT2D eigenvalue weighted by molar-refractivity contribution is 0.198. The molecule has 0 saturated carbocycles. The minimum absolute atomic E-state index is 1.00. The summed E-state index contributed by atoms with van der Waals surface area (Å²) in [6, 6.07) is 20.5. The molecule has 3 rings (SSSR count). The fourth-order valence-electron chi connectivity index (χ4n) is 1.58. The van der Waals surface area contributed by atoms with Crippen LogP contribution in [-0.4, -0.2) is 13.2 Å². The monoisotopic (exact) mass is 256 g/mol. The Morgan fingerprint density at radius 3 is 1.16 bits per heavy atom. The van der Waals surface area contributed by atoms with E-state index in [0.29, 0.717) is 0 Å². The third kappa shape index (κ3) is 9.04. The lowest BCUT2D eigenvalue weighted by Gasteiger charge is -1.82. The highest BCUT2D eigenvalue weighted by Crippen LogP contribution is 1.98. The highest BCUT2D eigenvalue weighted by molar-refractivity contribution is 5.12. The van der Waals surface area contributed by atoms with Crippen molar-refractivity contribution in [2.24, 2.45) is 0 Å². The van der Waals surface area contributed by atoms with E-state index in [1.54, 1.807) is 0 Å². The molecule has 1 aliphatic rings. The van der Waals surface area contributed by atoms with Gasteiger partial charge < -0.3 is 4.74 Å². The van der Waals surface area contributed by atoms with Crippen molar-refractivity contribution in [3.05, 3.63) is 71.8 Å². The van der Waals surface area contributed by atoms with Crippen molar-refractivity contribution in [2.45, 2.75) is 26.7 Å². The standard InChI is InChI=1S/2C7H8.C4H8O/c2*1-7-5-3-2-4-6-7;1-2-4-5-3-1/h2*2-6H,1H3;1-4H2. The quantitative estimate of drug-likeness (QED) is 0.658. The fraction of sp³-hybridized carbons (Fsp3) is 0.333. The molecule has 0 N–H and O–H groups in total. The first-order valence-electron chi connectivity index (χ1n) is 6.90. The Labute approximate surface area is 117 Å². The maximum atomic E-state index is 4.94. The second-order valence-electron chi connectivity index (χ2n) is 4.63. The zero-order chi connectivity index (χ0) is 13.8. The minimum atomic E-state index is 1.00. The summed E-state index contributed by atoms with van der Waals surface area (Å²) in [6.45, 7) is 6.17. The first-order chi connectivity index (χ1) is 9.29. The second-order valence-corrected chi connectivity index (χ2v) is 4.63. The Balaban J connectivity index is 0.000000145. The van der Waals surface area contributed by atoms with E-state index in [9.17, 15) is 0 Å². The Morgan fingerprint density at radius 1 is 0.632 bits per heavy atom. The zero-order valence-electron chi connectivity index (χ0n) is 12.0. The molecular weight excluding hydrogens is 232 g/mol. The number of hydrogen-bond donors (Lipinski definition) is 0. The van der Waals surface area contributed by atoms with E-state index in [-0.39, 0.29) is 0 Å². The van der Waals surface area contributed by atoms with Crippen molar-refractivity contribution in [3.63, 3.8) is 0 Å². The summed E-state index contributed by atoms with van der Waals surface area (Å²) < 4.78 is 4.94. The van der Waals surface area contributed by atoms with Gasteiger partial charge in [-0.3, -0.25) is 0 Å². The van der Waals surface area contributed by atoms with Gasteiger partial charge in [-0.05, 0) is 26.7 Å². The molecule has 1 heteroatoms. The molecule has 1 saturated heterocycles. The highest BCUT2D eigenvalue weighted by atomic mass is 16.5. The number of hydrogen-bond acceptors (Lipinski definition) is 1. The van der Waals surface area contributed by atoms with Crippen LogP contribution in [0.3, 0.4) is 0 Å². The summed E-state index contributed by atoms with van der Waals surface area (Å²) >= 11 is 0. The molecule has 1 heterocycles. The van der Waals surface area contributed by atoms with Crippen molar-refractivity contribution >= 4 is 0 Å². The SMILES string of the molecule is C1CCOC1.Cc1ccccc1.Cc1ccccc1. The number of ether oxygens (including phenoxy) is 1. The van der Waals surface area contributed by atoms with Crippen molar-refractivity contribution in [1.82, 2.24) is 0 Å². The van der Waals surface area contributed by atoms with E-state index in [1.165, 1.54) is 24.0 Å². The summed E-state index contributed by atoms with van der Waals surface area (Å²) in [6.07, 6.45) is 2.56. The van der Waals surface area contributed by atoms with Crippen LogP contribution in [-0.2, 0) is 4.74 Å². The van der Waals surface area contributed by atoms with Gasteiger partial charge in [0.1, 0.15) is 0 Å². The molecule has 0 spiro atoms. The molecule has 19 heavy (non-hydrogen) atoms. The maximum absolute atomic E-state index is 4.94. The van der Waals surface area contributed by atoms with E-state index in [2.05, 4.69) is 38.1 Å². The molecule has 2 aromatic carbocycles. The smallest absolute Gasteiger partial charge is 0.0466 e. The van der Waals surface area contributed by atoms with Crippen LogP contribution in [0, 0.1) is 13.8 Å². The average molecular weight is 256 g/mol. The number of aryl methyl sites for hydroxylation is 2. The molecule has 0 radical (unpaired) electrons. The molecule has 0 aliphatic carbocycles. The van der Waals surface area contributed by atoms with Crippen LogP contribution in [0.4, 0.5) is 0 Å². The molecule has 0 atom stereocenters. The Morgan fingerprint density at radius 2 is 1.00 bits per heavy atom. The predicted molar refractivity (Wildman–Crippen MR) is 82.4 cm³/mol. The molecule has 0 aromatic heterocycles. The first-order valence-corrected chi connectivity index (χ1v) is 6.90. The van der Waals surface area contributed by atoms with Crippen LogP contribution < -0.4 is 0 Å². The van der Waals surface area contributed by atoms with Gasteiger partial charge >= 0.3 is 0 Å². The summed E-state index contributed by atoms with van der Waals surface area (Å²) in [7, 11) is 0. The van der Waals surface area contributed by atoms with Crippen LogP contribution in [0.5, 0.6) is 0 Å². The summed E-state index contributed by atoms with van der Waals surface area (Å²) in [4.78, 5) is 0. The Bertz CT molecular complexity index is 359. The molecule has 2 aromatic rings. The zero-order valence-corrected chi connectivity index (χ0v) is 12.0. The van der Waals surface area contributed by atoms with Gasteiger partial charge in [0.2, 0.25) is 0 Å². The Kier molecular flexibility index (Phi) is 8.41. The van der Waals surface area contributed by atoms with Gasteiger partial charge in [-0.15, -0.1) is 0 Å². The van der Waals surface area contributed by atoms with Crippen LogP contribution >= 0.6 is 0 Å². The van der Waals surface area contributed by atoms with Crippen LogP contribution in [0.2, 0.25) is 0 Å². The minimum Gasteiger partial charge on any atom is -0.381 e. The van der Waals surface area contributed by atoms with Gasteiger partial charge in [-0.2, -0.15) is 0 Å². The maximum Gasteiger partial charge on any atom is 0.0466 e. The molecule has 0 amide bonds.